The first-order valence-corrected chi connectivity index (χ1v) is 12.1. The lowest BCUT2D eigenvalue weighted by Gasteiger charge is -2.27. The van der Waals surface area contributed by atoms with Crippen molar-refractivity contribution in [2.45, 2.75) is 45.6 Å². The van der Waals surface area contributed by atoms with E-state index in [1.807, 2.05) is 6.07 Å². The second kappa shape index (κ2) is 9.88. The number of carbonyl (C=O) groups is 4. The van der Waals surface area contributed by atoms with Gasteiger partial charge >= 0.3 is 5.97 Å². The van der Waals surface area contributed by atoms with Gasteiger partial charge < -0.3 is 15.4 Å². The van der Waals surface area contributed by atoms with Crippen molar-refractivity contribution in [2.24, 2.45) is 11.8 Å². The number of esters is 1. The fourth-order valence-corrected chi connectivity index (χ4v) is 4.86. The molecular formula is C26H27N5O5. The molecule has 1 aliphatic heterocycles. The van der Waals surface area contributed by atoms with Gasteiger partial charge in [-0.15, -0.1) is 0 Å². The Morgan fingerprint density at radius 2 is 1.86 bits per heavy atom. The number of benzene rings is 1. The van der Waals surface area contributed by atoms with E-state index in [1.165, 1.54) is 16.8 Å². The minimum Gasteiger partial charge on any atom is -0.426 e. The molecule has 1 aromatic carbocycles. The van der Waals surface area contributed by atoms with Crippen molar-refractivity contribution in [3.63, 3.8) is 0 Å². The van der Waals surface area contributed by atoms with E-state index in [0.717, 1.165) is 36.8 Å². The molecule has 3 aromatic rings. The number of hydrogen-bond acceptors (Lipinski definition) is 7. The van der Waals surface area contributed by atoms with Crippen LogP contribution >= 0.6 is 0 Å². The summed E-state index contributed by atoms with van der Waals surface area (Å²) >= 11 is 0. The fourth-order valence-electron chi connectivity index (χ4n) is 4.86. The van der Waals surface area contributed by atoms with Crippen LogP contribution in [0.1, 0.15) is 64.7 Å². The Bertz CT molecular complexity index is 1360. The number of Topliss-reactive ketones (excluding diaryl/α,β-unsaturated/α-hetero) is 1. The summed E-state index contributed by atoms with van der Waals surface area (Å²) in [5.41, 5.74) is 2.33. The van der Waals surface area contributed by atoms with Crippen LogP contribution in [-0.2, 0) is 22.6 Å². The van der Waals surface area contributed by atoms with Crippen molar-refractivity contribution in [1.29, 1.82) is 0 Å². The Balaban J connectivity index is 1.24. The van der Waals surface area contributed by atoms with Crippen LogP contribution in [0.25, 0.3) is 5.65 Å². The zero-order valence-electron chi connectivity index (χ0n) is 20.0. The first kappa shape index (κ1) is 23.7. The number of fused-ring (bicyclic) bond motifs is 2. The van der Waals surface area contributed by atoms with Gasteiger partial charge in [0.2, 0.25) is 0 Å². The van der Waals surface area contributed by atoms with Crippen LogP contribution in [0.4, 0.5) is 0 Å². The van der Waals surface area contributed by atoms with Gasteiger partial charge in [-0.25, -0.2) is 9.50 Å². The number of nitrogens with one attached hydrogen (secondary N) is 2. The molecule has 10 nitrogen and oxygen atoms in total. The highest BCUT2D eigenvalue weighted by atomic mass is 16.5. The summed E-state index contributed by atoms with van der Waals surface area (Å²) in [5, 5.41) is 9.97. The molecule has 2 N–H and O–H groups in total. The van der Waals surface area contributed by atoms with Gasteiger partial charge in [-0.3, -0.25) is 19.2 Å². The van der Waals surface area contributed by atoms with E-state index in [-0.39, 0.29) is 47.9 Å². The molecule has 0 unspecified atom stereocenters. The van der Waals surface area contributed by atoms with E-state index in [4.69, 9.17) is 4.74 Å². The zero-order valence-corrected chi connectivity index (χ0v) is 20.0. The fraction of sp³-hybridized carbons (Fsp3) is 0.385. The van der Waals surface area contributed by atoms with Crippen LogP contribution in [0.2, 0.25) is 0 Å². The van der Waals surface area contributed by atoms with Gasteiger partial charge in [-0.2, -0.15) is 5.10 Å². The molecule has 3 heterocycles. The standard InChI is InChI=1S/C26H27N5O5/c1-15(32)18-5-2-16(3-6-18)13-28-26(35)21-12-20(30-23-8-9-29-31(21)23)25(34)27-14-17-4-7-22-19(10-17)11-24(33)36-22/h4,7-10,12,16,18H,2-3,5-6,11,13-14H2,1H3,(H,27,34)(H,28,35). The molecule has 186 valence electrons. The number of hydrogen-bond donors (Lipinski definition) is 2. The second-order valence-electron chi connectivity index (χ2n) is 9.44. The average Bonchev–Trinajstić information content (AvgIpc) is 3.50. The lowest BCUT2D eigenvalue weighted by atomic mass is 9.80. The van der Waals surface area contributed by atoms with Crippen LogP contribution < -0.4 is 15.4 Å². The molecule has 0 saturated heterocycles. The molecule has 2 aromatic heterocycles. The number of ether oxygens (including phenoxy) is 1. The highest BCUT2D eigenvalue weighted by molar-refractivity contribution is 5.98. The van der Waals surface area contributed by atoms with Gasteiger partial charge in [0.25, 0.3) is 11.8 Å². The van der Waals surface area contributed by atoms with Crippen LogP contribution in [0.5, 0.6) is 5.75 Å². The molecule has 1 aliphatic carbocycles. The van der Waals surface area contributed by atoms with E-state index in [9.17, 15) is 19.2 Å². The summed E-state index contributed by atoms with van der Waals surface area (Å²) in [4.78, 5) is 53.3. The van der Waals surface area contributed by atoms with Crippen molar-refractivity contribution in [2.75, 3.05) is 6.54 Å². The summed E-state index contributed by atoms with van der Waals surface area (Å²) in [6.45, 7) is 2.37. The molecule has 0 spiro atoms. The van der Waals surface area contributed by atoms with Crippen molar-refractivity contribution < 1.29 is 23.9 Å². The predicted molar refractivity (Wildman–Crippen MR) is 128 cm³/mol. The third kappa shape index (κ3) is 4.98. The van der Waals surface area contributed by atoms with Crippen molar-refractivity contribution in [3.05, 3.63) is 59.0 Å². The van der Waals surface area contributed by atoms with E-state index in [1.54, 1.807) is 25.1 Å². The van der Waals surface area contributed by atoms with Crippen LogP contribution in [0, 0.1) is 11.8 Å². The molecule has 10 heteroatoms. The lowest BCUT2D eigenvalue weighted by Crippen LogP contribution is -2.33. The molecule has 2 amide bonds. The summed E-state index contributed by atoms with van der Waals surface area (Å²) in [6, 6.07) is 8.40. The molecule has 0 bridgehead atoms. The maximum Gasteiger partial charge on any atom is 0.315 e. The molecule has 5 rings (SSSR count). The smallest absolute Gasteiger partial charge is 0.315 e. The van der Waals surface area contributed by atoms with Crippen LogP contribution in [0.3, 0.4) is 0 Å². The minimum atomic E-state index is -0.428. The second-order valence-corrected chi connectivity index (χ2v) is 9.44. The first-order valence-electron chi connectivity index (χ1n) is 12.1. The SMILES string of the molecule is CC(=O)C1CCC(CNC(=O)c2cc(C(=O)NCc3ccc4c(c3)CC(=O)O4)nc3ccnn23)CC1. The third-order valence-corrected chi connectivity index (χ3v) is 6.93. The summed E-state index contributed by atoms with van der Waals surface area (Å²) in [5.74, 6) is 0.177. The molecule has 36 heavy (non-hydrogen) atoms. The molecule has 0 radical (unpaired) electrons. The van der Waals surface area contributed by atoms with Gasteiger partial charge in [0.1, 0.15) is 22.9 Å². The maximum atomic E-state index is 13.0. The molecule has 1 fully saturated rings. The summed E-state index contributed by atoms with van der Waals surface area (Å²) < 4.78 is 6.52. The van der Waals surface area contributed by atoms with E-state index in [0.29, 0.717) is 23.9 Å². The van der Waals surface area contributed by atoms with E-state index in [2.05, 4.69) is 20.7 Å². The molecule has 0 atom stereocenters. The van der Waals surface area contributed by atoms with Crippen molar-refractivity contribution in [1.82, 2.24) is 25.2 Å². The Hall–Kier alpha value is -4.08. The number of aromatic nitrogens is 3. The summed E-state index contributed by atoms with van der Waals surface area (Å²) in [6.07, 6.45) is 5.24. The van der Waals surface area contributed by atoms with Gasteiger partial charge in [0.15, 0.2) is 5.65 Å². The highest BCUT2D eigenvalue weighted by Crippen LogP contribution is 2.29. The number of amides is 2. The molecule has 2 aliphatic rings. The normalized spacial score (nSPS) is 19.0. The van der Waals surface area contributed by atoms with Gasteiger partial charge in [-0.1, -0.05) is 6.07 Å². The largest absolute Gasteiger partial charge is 0.426 e. The Labute approximate surface area is 207 Å². The lowest BCUT2D eigenvalue weighted by molar-refractivity contribution is -0.131. The zero-order chi connectivity index (χ0) is 25.2. The third-order valence-electron chi connectivity index (χ3n) is 6.93. The maximum absolute atomic E-state index is 13.0. The average molecular weight is 490 g/mol. The molecular weight excluding hydrogens is 462 g/mol. The number of nitrogens with zero attached hydrogens (tertiary/aromatic N) is 3. The van der Waals surface area contributed by atoms with Crippen molar-refractivity contribution in [3.8, 4) is 5.75 Å². The van der Waals surface area contributed by atoms with Crippen molar-refractivity contribution >= 4 is 29.2 Å². The Morgan fingerprint density at radius 3 is 2.64 bits per heavy atom. The number of rotatable bonds is 7. The van der Waals surface area contributed by atoms with Gasteiger partial charge in [0, 0.05) is 36.7 Å². The quantitative estimate of drug-likeness (QED) is 0.384. The van der Waals surface area contributed by atoms with Gasteiger partial charge in [0.05, 0.1) is 12.6 Å². The minimum absolute atomic E-state index is 0.106. The van der Waals surface area contributed by atoms with Crippen LogP contribution in [-0.4, -0.2) is 44.7 Å². The predicted octanol–water partition coefficient (Wildman–Crippen LogP) is 2.25. The number of ketones is 1. The Kier molecular flexibility index (Phi) is 6.49. The summed E-state index contributed by atoms with van der Waals surface area (Å²) in [7, 11) is 0. The van der Waals surface area contributed by atoms with E-state index < -0.39 is 5.91 Å². The molecule has 1 saturated carbocycles. The Morgan fingerprint density at radius 1 is 1.06 bits per heavy atom. The topological polar surface area (TPSA) is 132 Å². The van der Waals surface area contributed by atoms with Gasteiger partial charge in [-0.05, 0) is 56.2 Å². The number of carbonyl (C=O) groups excluding carboxylic acids is 4. The van der Waals surface area contributed by atoms with E-state index >= 15 is 0 Å². The highest BCUT2D eigenvalue weighted by Gasteiger charge is 2.25. The monoisotopic (exact) mass is 489 g/mol. The first-order chi connectivity index (χ1) is 17.4. The van der Waals surface area contributed by atoms with Crippen LogP contribution in [0.15, 0.2) is 36.5 Å².